The van der Waals surface area contributed by atoms with Gasteiger partial charge in [0, 0.05) is 5.69 Å². The van der Waals surface area contributed by atoms with Gasteiger partial charge in [0.15, 0.2) is 0 Å². The summed E-state index contributed by atoms with van der Waals surface area (Å²) in [6, 6.07) is 7.50. The molecule has 0 heterocycles. The van der Waals surface area contributed by atoms with E-state index in [-0.39, 0.29) is 12.0 Å². The fourth-order valence-electron chi connectivity index (χ4n) is 1.20. The largest absolute Gasteiger partial charge is 0.467 e. The molecule has 0 spiro atoms. The molecule has 0 saturated carbocycles. The number of nitrogens with one attached hydrogen (secondary N) is 1. The quantitative estimate of drug-likeness (QED) is 0.746. The van der Waals surface area contributed by atoms with E-state index in [9.17, 15) is 4.79 Å². The van der Waals surface area contributed by atoms with E-state index < -0.39 is 0 Å². The van der Waals surface area contributed by atoms with Gasteiger partial charge in [-0.25, -0.2) is 4.79 Å². The van der Waals surface area contributed by atoms with Gasteiger partial charge in [0.25, 0.3) is 0 Å². The Morgan fingerprint density at radius 1 is 1.43 bits per heavy atom. The van der Waals surface area contributed by atoms with Crippen molar-refractivity contribution in [2.24, 2.45) is 0 Å². The van der Waals surface area contributed by atoms with Gasteiger partial charge >= 0.3 is 5.97 Å². The third-order valence-electron chi connectivity index (χ3n) is 2.07. The van der Waals surface area contributed by atoms with Crippen LogP contribution in [0.4, 0.5) is 5.69 Å². The standard InChI is InChI=1S/C11H15NO2/c1-8-6-4-5-7-10(8)12-9(2)11(13)14-3/h4-7,9,12H,1-3H3. The number of methoxy groups -OCH3 is 1. The van der Waals surface area contributed by atoms with Crippen molar-refractivity contribution >= 4 is 11.7 Å². The monoisotopic (exact) mass is 193 g/mol. The van der Waals surface area contributed by atoms with Crippen molar-refractivity contribution in [1.82, 2.24) is 0 Å². The van der Waals surface area contributed by atoms with Crippen molar-refractivity contribution in [2.75, 3.05) is 12.4 Å². The lowest BCUT2D eigenvalue weighted by Gasteiger charge is -2.14. The molecule has 14 heavy (non-hydrogen) atoms. The Morgan fingerprint density at radius 2 is 2.07 bits per heavy atom. The second kappa shape index (κ2) is 4.65. The van der Waals surface area contributed by atoms with Gasteiger partial charge < -0.3 is 10.1 Å². The van der Waals surface area contributed by atoms with E-state index in [2.05, 4.69) is 10.1 Å². The molecular formula is C11H15NO2. The molecule has 0 aliphatic heterocycles. The Hall–Kier alpha value is -1.51. The Labute approximate surface area is 84.1 Å². The number of carbonyl (C=O) groups excluding carboxylic acids is 1. The summed E-state index contributed by atoms with van der Waals surface area (Å²) in [6.45, 7) is 3.77. The Balaban J connectivity index is 2.69. The predicted molar refractivity (Wildman–Crippen MR) is 56.3 cm³/mol. The van der Waals surface area contributed by atoms with E-state index in [1.165, 1.54) is 7.11 Å². The van der Waals surface area contributed by atoms with Gasteiger partial charge in [0.2, 0.25) is 0 Å². The number of para-hydroxylation sites is 1. The normalized spacial score (nSPS) is 11.9. The SMILES string of the molecule is COC(=O)C(C)Nc1ccccc1C. The van der Waals surface area contributed by atoms with Gasteiger partial charge in [-0.2, -0.15) is 0 Å². The van der Waals surface area contributed by atoms with Crippen molar-refractivity contribution in [3.05, 3.63) is 29.8 Å². The first-order valence-corrected chi connectivity index (χ1v) is 4.55. The van der Waals surface area contributed by atoms with Crippen molar-refractivity contribution in [3.8, 4) is 0 Å². The molecule has 0 fully saturated rings. The average molecular weight is 193 g/mol. The van der Waals surface area contributed by atoms with Crippen molar-refractivity contribution in [1.29, 1.82) is 0 Å². The molecule has 1 rings (SSSR count). The van der Waals surface area contributed by atoms with E-state index >= 15 is 0 Å². The molecule has 1 N–H and O–H groups in total. The Kier molecular flexibility index (Phi) is 3.51. The van der Waals surface area contributed by atoms with Crippen LogP contribution in [0.5, 0.6) is 0 Å². The first-order valence-electron chi connectivity index (χ1n) is 4.55. The number of hydrogen-bond donors (Lipinski definition) is 1. The third-order valence-corrected chi connectivity index (χ3v) is 2.07. The van der Waals surface area contributed by atoms with Crippen LogP contribution in [0.2, 0.25) is 0 Å². The summed E-state index contributed by atoms with van der Waals surface area (Å²) >= 11 is 0. The van der Waals surface area contributed by atoms with Gasteiger partial charge in [-0.3, -0.25) is 0 Å². The minimum absolute atomic E-state index is 0.256. The molecule has 1 aromatic carbocycles. The molecule has 0 radical (unpaired) electrons. The predicted octanol–water partition coefficient (Wildman–Crippen LogP) is 1.97. The van der Waals surface area contributed by atoms with E-state index in [4.69, 9.17) is 0 Å². The zero-order chi connectivity index (χ0) is 10.6. The summed E-state index contributed by atoms with van der Waals surface area (Å²) in [5.74, 6) is -0.256. The van der Waals surface area contributed by atoms with Gasteiger partial charge in [0.1, 0.15) is 6.04 Å². The second-order valence-electron chi connectivity index (χ2n) is 3.20. The molecule has 0 aliphatic rings. The van der Waals surface area contributed by atoms with E-state index in [1.54, 1.807) is 6.92 Å². The van der Waals surface area contributed by atoms with Gasteiger partial charge in [-0.1, -0.05) is 18.2 Å². The highest BCUT2D eigenvalue weighted by Gasteiger charge is 2.12. The average Bonchev–Trinajstić information content (AvgIpc) is 2.20. The molecule has 0 bridgehead atoms. The summed E-state index contributed by atoms with van der Waals surface area (Å²) in [5, 5.41) is 3.09. The number of esters is 1. The van der Waals surface area contributed by atoms with Gasteiger partial charge in [0.05, 0.1) is 7.11 Å². The number of anilines is 1. The first kappa shape index (κ1) is 10.6. The van der Waals surface area contributed by atoms with Crippen LogP contribution in [0, 0.1) is 6.92 Å². The summed E-state index contributed by atoms with van der Waals surface area (Å²) in [6.07, 6.45) is 0. The van der Waals surface area contributed by atoms with Crippen LogP contribution in [0.15, 0.2) is 24.3 Å². The van der Waals surface area contributed by atoms with Crippen LogP contribution in [0.3, 0.4) is 0 Å². The molecular weight excluding hydrogens is 178 g/mol. The highest BCUT2D eigenvalue weighted by molar-refractivity contribution is 5.79. The molecule has 1 atom stereocenters. The lowest BCUT2D eigenvalue weighted by Crippen LogP contribution is -2.27. The minimum atomic E-state index is -0.318. The maximum Gasteiger partial charge on any atom is 0.327 e. The molecule has 1 aromatic rings. The summed E-state index contributed by atoms with van der Waals surface area (Å²) in [7, 11) is 1.39. The number of benzene rings is 1. The maximum atomic E-state index is 11.1. The molecule has 1 unspecified atom stereocenters. The first-order chi connectivity index (χ1) is 6.65. The van der Waals surface area contributed by atoms with Crippen LogP contribution in [0.25, 0.3) is 0 Å². The second-order valence-corrected chi connectivity index (χ2v) is 3.20. The van der Waals surface area contributed by atoms with Crippen molar-refractivity contribution in [2.45, 2.75) is 19.9 Å². The van der Waals surface area contributed by atoms with Crippen molar-refractivity contribution in [3.63, 3.8) is 0 Å². The fourth-order valence-corrected chi connectivity index (χ4v) is 1.20. The van der Waals surface area contributed by atoms with Crippen LogP contribution < -0.4 is 5.32 Å². The zero-order valence-corrected chi connectivity index (χ0v) is 8.70. The summed E-state index contributed by atoms with van der Waals surface area (Å²) in [4.78, 5) is 11.1. The summed E-state index contributed by atoms with van der Waals surface area (Å²) in [5.41, 5.74) is 2.08. The summed E-state index contributed by atoms with van der Waals surface area (Å²) < 4.78 is 4.62. The van der Waals surface area contributed by atoms with Crippen LogP contribution >= 0.6 is 0 Å². The number of aryl methyl sites for hydroxylation is 1. The lowest BCUT2D eigenvalue weighted by molar-refractivity contribution is -0.141. The molecule has 0 amide bonds. The smallest absolute Gasteiger partial charge is 0.327 e. The molecule has 0 aromatic heterocycles. The Bertz CT molecular complexity index is 323. The topological polar surface area (TPSA) is 38.3 Å². The molecule has 3 heteroatoms. The van der Waals surface area contributed by atoms with Crippen molar-refractivity contribution < 1.29 is 9.53 Å². The number of hydrogen-bond acceptors (Lipinski definition) is 3. The van der Waals surface area contributed by atoms with Crippen LogP contribution in [-0.2, 0) is 9.53 Å². The molecule has 0 aliphatic carbocycles. The fraction of sp³-hybridized carbons (Fsp3) is 0.364. The third kappa shape index (κ3) is 2.49. The highest BCUT2D eigenvalue weighted by Crippen LogP contribution is 2.14. The lowest BCUT2D eigenvalue weighted by atomic mass is 10.2. The maximum absolute atomic E-state index is 11.1. The Morgan fingerprint density at radius 3 is 2.64 bits per heavy atom. The number of ether oxygens (including phenoxy) is 1. The van der Waals surface area contributed by atoms with Gasteiger partial charge in [-0.05, 0) is 25.5 Å². The van der Waals surface area contributed by atoms with E-state index in [0.29, 0.717) is 0 Å². The van der Waals surface area contributed by atoms with Crippen LogP contribution in [-0.4, -0.2) is 19.1 Å². The molecule has 0 saturated heterocycles. The van der Waals surface area contributed by atoms with E-state index in [1.807, 2.05) is 31.2 Å². The minimum Gasteiger partial charge on any atom is -0.467 e. The number of rotatable bonds is 3. The van der Waals surface area contributed by atoms with E-state index in [0.717, 1.165) is 11.3 Å². The highest BCUT2D eigenvalue weighted by atomic mass is 16.5. The zero-order valence-electron chi connectivity index (χ0n) is 8.70. The number of carbonyl (C=O) groups is 1. The van der Waals surface area contributed by atoms with Crippen LogP contribution in [0.1, 0.15) is 12.5 Å². The molecule has 3 nitrogen and oxygen atoms in total. The van der Waals surface area contributed by atoms with Gasteiger partial charge in [-0.15, -0.1) is 0 Å². The molecule has 76 valence electrons.